The minimum absolute atomic E-state index is 0.203. The molecular formula is C23H31N3O2. The molecule has 0 aliphatic carbocycles. The third kappa shape index (κ3) is 4.47. The Labute approximate surface area is 168 Å². The Morgan fingerprint density at radius 3 is 2.11 bits per heavy atom. The van der Waals surface area contributed by atoms with E-state index in [1.807, 2.05) is 49.1 Å². The number of piperazine rings is 1. The highest BCUT2D eigenvalue weighted by atomic mass is 16.5. The van der Waals surface area contributed by atoms with Crippen LogP contribution >= 0.6 is 0 Å². The molecular weight excluding hydrogens is 350 g/mol. The van der Waals surface area contributed by atoms with Crippen molar-refractivity contribution in [2.75, 3.05) is 51.3 Å². The van der Waals surface area contributed by atoms with Crippen LogP contribution in [0.1, 0.15) is 25.5 Å². The van der Waals surface area contributed by atoms with E-state index in [4.69, 9.17) is 4.74 Å². The van der Waals surface area contributed by atoms with Gasteiger partial charge in [0.15, 0.2) is 0 Å². The largest absolute Gasteiger partial charge is 0.497 e. The van der Waals surface area contributed by atoms with E-state index in [0.717, 1.165) is 50.6 Å². The first-order valence-electron chi connectivity index (χ1n) is 10.1. The lowest BCUT2D eigenvalue weighted by Gasteiger charge is -2.41. The summed E-state index contributed by atoms with van der Waals surface area (Å²) in [6.07, 6.45) is 0. The van der Waals surface area contributed by atoms with Gasteiger partial charge in [-0.05, 0) is 43.7 Å². The van der Waals surface area contributed by atoms with Crippen LogP contribution in [0.3, 0.4) is 0 Å². The van der Waals surface area contributed by atoms with Crippen molar-refractivity contribution in [2.45, 2.75) is 19.9 Å². The van der Waals surface area contributed by atoms with Crippen molar-refractivity contribution in [3.8, 4) is 5.75 Å². The van der Waals surface area contributed by atoms with Gasteiger partial charge in [0.05, 0.1) is 7.11 Å². The predicted molar refractivity (Wildman–Crippen MR) is 114 cm³/mol. The number of anilines is 1. The second-order valence-electron chi connectivity index (χ2n) is 7.04. The molecule has 0 spiro atoms. The van der Waals surface area contributed by atoms with Gasteiger partial charge in [0, 0.05) is 45.0 Å². The number of likely N-dealkylation sites (N-methyl/N-ethyl adjacent to an activating group) is 1. The number of benzene rings is 2. The summed E-state index contributed by atoms with van der Waals surface area (Å²) < 4.78 is 5.26. The molecule has 1 aliphatic rings. The Morgan fingerprint density at radius 1 is 0.964 bits per heavy atom. The van der Waals surface area contributed by atoms with Crippen molar-refractivity contribution in [3.05, 3.63) is 60.2 Å². The number of carbonyl (C=O) groups is 1. The lowest BCUT2D eigenvalue weighted by molar-refractivity contribution is -0.137. The number of methoxy groups -OCH3 is 1. The molecule has 0 N–H and O–H groups in total. The molecule has 0 bridgehead atoms. The van der Waals surface area contributed by atoms with Gasteiger partial charge in [0.25, 0.3) is 0 Å². The maximum absolute atomic E-state index is 13.3. The fraction of sp³-hybridized carbons (Fsp3) is 0.435. The zero-order valence-corrected chi connectivity index (χ0v) is 17.2. The molecule has 1 amide bonds. The summed E-state index contributed by atoms with van der Waals surface area (Å²) in [4.78, 5) is 19.9. The van der Waals surface area contributed by atoms with Crippen LogP contribution in [0.15, 0.2) is 54.6 Å². The van der Waals surface area contributed by atoms with Gasteiger partial charge in [-0.15, -0.1) is 0 Å². The van der Waals surface area contributed by atoms with E-state index >= 15 is 0 Å². The second kappa shape index (κ2) is 9.60. The molecule has 0 aromatic heterocycles. The van der Waals surface area contributed by atoms with Gasteiger partial charge in [-0.2, -0.15) is 0 Å². The topological polar surface area (TPSA) is 36.0 Å². The number of amides is 1. The van der Waals surface area contributed by atoms with Crippen LogP contribution in [0.5, 0.6) is 5.75 Å². The number of rotatable bonds is 7. The van der Waals surface area contributed by atoms with Gasteiger partial charge in [-0.3, -0.25) is 9.69 Å². The molecule has 0 radical (unpaired) electrons. The van der Waals surface area contributed by atoms with E-state index in [9.17, 15) is 4.79 Å². The Kier molecular flexibility index (Phi) is 6.93. The summed E-state index contributed by atoms with van der Waals surface area (Å²) in [7, 11) is 1.68. The highest BCUT2D eigenvalue weighted by Crippen LogP contribution is 2.27. The number of hydrogen-bond donors (Lipinski definition) is 0. The van der Waals surface area contributed by atoms with Crippen LogP contribution in [-0.2, 0) is 4.79 Å². The summed E-state index contributed by atoms with van der Waals surface area (Å²) in [6.45, 7) is 9.10. The molecule has 2 aromatic rings. The minimum atomic E-state index is -0.209. The lowest BCUT2D eigenvalue weighted by atomic mass is 10.0. The molecule has 1 atom stereocenters. The SMILES string of the molecule is CCN(CC)C(=O)C(c1ccccc1)N1CCN(c2ccc(OC)cc2)CC1. The van der Waals surface area contributed by atoms with Crippen molar-refractivity contribution >= 4 is 11.6 Å². The van der Waals surface area contributed by atoms with Crippen molar-refractivity contribution in [2.24, 2.45) is 0 Å². The maximum Gasteiger partial charge on any atom is 0.244 e. The molecule has 1 heterocycles. The first-order chi connectivity index (χ1) is 13.7. The molecule has 1 fully saturated rings. The van der Waals surface area contributed by atoms with Crippen molar-refractivity contribution in [1.82, 2.24) is 9.80 Å². The zero-order chi connectivity index (χ0) is 19.9. The lowest BCUT2D eigenvalue weighted by Crippen LogP contribution is -2.51. The number of carbonyl (C=O) groups excluding carboxylic acids is 1. The number of hydrogen-bond acceptors (Lipinski definition) is 4. The molecule has 150 valence electrons. The Morgan fingerprint density at radius 2 is 1.57 bits per heavy atom. The number of nitrogens with zero attached hydrogens (tertiary/aromatic N) is 3. The first-order valence-corrected chi connectivity index (χ1v) is 10.1. The van der Waals surface area contributed by atoms with Crippen LogP contribution in [0, 0.1) is 0 Å². The fourth-order valence-electron chi connectivity index (χ4n) is 3.88. The van der Waals surface area contributed by atoms with E-state index in [1.165, 1.54) is 5.69 Å². The molecule has 2 aromatic carbocycles. The fourth-order valence-corrected chi connectivity index (χ4v) is 3.88. The molecule has 5 nitrogen and oxygen atoms in total. The average Bonchev–Trinajstić information content (AvgIpc) is 2.76. The van der Waals surface area contributed by atoms with Crippen LogP contribution < -0.4 is 9.64 Å². The van der Waals surface area contributed by atoms with E-state index in [-0.39, 0.29) is 11.9 Å². The van der Waals surface area contributed by atoms with Gasteiger partial charge in [0.1, 0.15) is 11.8 Å². The Bertz CT molecular complexity index is 736. The quantitative estimate of drug-likeness (QED) is 0.736. The van der Waals surface area contributed by atoms with E-state index in [2.05, 4.69) is 34.1 Å². The normalized spacial score (nSPS) is 15.9. The highest BCUT2D eigenvalue weighted by molar-refractivity contribution is 5.83. The monoisotopic (exact) mass is 381 g/mol. The summed E-state index contributed by atoms with van der Waals surface area (Å²) in [6, 6.07) is 18.2. The maximum atomic E-state index is 13.3. The van der Waals surface area contributed by atoms with Crippen molar-refractivity contribution in [1.29, 1.82) is 0 Å². The standard InChI is InChI=1S/C23H31N3O2/c1-4-24(5-2)23(27)22(19-9-7-6-8-10-19)26-17-15-25(16-18-26)20-11-13-21(28-3)14-12-20/h6-14,22H,4-5,15-18H2,1-3H3. The molecule has 5 heteroatoms. The smallest absolute Gasteiger partial charge is 0.244 e. The third-order valence-electron chi connectivity index (χ3n) is 5.54. The average molecular weight is 382 g/mol. The van der Waals surface area contributed by atoms with Crippen molar-refractivity contribution in [3.63, 3.8) is 0 Å². The molecule has 1 aliphatic heterocycles. The van der Waals surface area contributed by atoms with Gasteiger partial charge in [-0.1, -0.05) is 30.3 Å². The van der Waals surface area contributed by atoms with Gasteiger partial charge in [-0.25, -0.2) is 0 Å². The summed E-state index contributed by atoms with van der Waals surface area (Å²) in [5.41, 5.74) is 2.28. The van der Waals surface area contributed by atoms with Crippen LogP contribution in [-0.4, -0.2) is 62.1 Å². The van der Waals surface area contributed by atoms with Crippen LogP contribution in [0.2, 0.25) is 0 Å². The summed E-state index contributed by atoms with van der Waals surface area (Å²) >= 11 is 0. The predicted octanol–water partition coefficient (Wildman–Crippen LogP) is 3.43. The molecule has 3 rings (SSSR count). The first kappa shape index (κ1) is 20.2. The Balaban J connectivity index is 1.74. The third-order valence-corrected chi connectivity index (χ3v) is 5.54. The van der Waals surface area contributed by atoms with Crippen LogP contribution in [0.25, 0.3) is 0 Å². The second-order valence-corrected chi connectivity index (χ2v) is 7.04. The van der Waals surface area contributed by atoms with Gasteiger partial charge >= 0.3 is 0 Å². The summed E-state index contributed by atoms with van der Waals surface area (Å²) in [5.74, 6) is 1.07. The van der Waals surface area contributed by atoms with Gasteiger partial charge < -0.3 is 14.5 Å². The van der Waals surface area contributed by atoms with Gasteiger partial charge in [0.2, 0.25) is 5.91 Å². The summed E-state index contributed by atoms with van der Waals surface area (Å²) in [5, 5.41) is 0. The molecule has 1 unspecified atom stereocenters. The van der Waals surface area contributed by atoms with Crippen molar-refractivity contribution < 1.29 is 9.53 Å². The van der Waals surface area contributed by atoms with E-state index in [0.29, 0.717) is 0 Å². The number of ether oxygens (including phenoxy) is 1. The zero-order valence-electron chi connectivity index (χ0n) is 17.2. The Hall–Kier alpha value is -2.53. The molecule has 28 heavy (non-hydrogen) atoms. The van der Waals surface area contributed by atoms with E-state index < -0.39 is 0 Å². The van der Waals surface area contributed by atoms with E-state index in [1.54, 1.807) is 7.11 Å². The minimum Gasteiger partial charge on any atom is -0.497 e. The molecule has 1 saturated heterocycles. The highest BCUT2D eigenvalue weighted by Gasteiger charge is 2.32. The molecule has 0 saturated carbocycles. The van der Waals surface area contributed by atoms with Crippen LogP contribution in [0.4, 0.5) is 5.69 Å².